The summed E-state index contributed by atoms with van der Waals surface area (Å²) in [7, 11) is 0. The molecule has 0 aliphatic carbocycles. The number of benzene rings is 2. The van der Waals surface area contributed by atoms with E-state index < -0.39 is 0 Å². The van der Waals surface area contributed by atoms with Gasteiger partial charge < -0.3 is 14.7 Å². The molecule has 0 spiro atoms. The van der Waals surface area contributed by atoms with E-state index in [0.29, 0.717) is 34.3 Å². The van der Waals surface area contributed by atoms with E-state index in [1.165, 1.54) is 6.21 Å². The van der Waals surface area contributed by atoms with Crippen LogP contribution in [0.15, 0.2) is 41.6 Å². The monoisotopic (exact) mass is 330 g/mol. The fraction of sp³-hybridized carbons (Fsp3) is 0.176. The zero-order chi connectivity index (χ0) is 16.7. The van der Waals surface area contributed by atoms with Gasteiger partial charge in [0.05, 0.1) is 29.5 Å². The van der Waals surface area contributed by atoms with Crippen molar-refractivity contribution in [3.63, 3.8) is 0 Å². The maximum Gasteiger partial charge on any atom is 0.180 e. The highest BCUT2D eigenvalue weighted by Gasteiger charge is 2.13. The molecule has 5 nitrogen and oxygen atoms in total. The van der Waals surface area contributed by atoms with Gasteiger partial charge >= 0.3 is 0 Å². The molecule has 0 fully saturated rings. The van der Waals surface area contributed by atoms with Crippen molar-refractivity contribution in [1.29, 1.82) is 5.26 Å². The van der Waals surface area contributed by atoms with E-state index in [-0.39, 0.29) is 6.61 Å². The molecule has 2 rings (SSSR count). The number of oxime groups is 1. The van der Waals surface area contributed by atoms with Gasteiger partial charge in [0, 0.05) is 11.1 Å². The van der Waals surface area contributed by atoms with Crippen LogP contribution in [-0.4, -0.2) is 18.0 Å². The lowest BCUT2D eigenvalue weighted by Gasteiger charge is -2.14. The van der Waals surface area contributed by atoms with Crippen molar-refractivity contribution >= 4 is 17.8 Å². The Bertz CT molecular complexity index is 754. The summed E-state index contributed by atoms with van der Waals surface area (Å²) in [5.74, 6) is 0.834. The first kappa shape index (κ1) is 16.7. The maximum absolute atomic E-state index is 9.11. The van der Waals surface area contributed by atoms with Crippen molar-refractivity contribution in [2.45, 2.75) is 13.5 Å². The molecule has 0 atom stereocenters. The van der Waals surface area contributed by atoms with E-state index in [9.17, 15) is 0 Å². The van der Waals surface area contributed by atoms with Crippen LogP contribution in [-0.2, 0) is 6.61 Å². The second-order valence-electron chi connectivity index (χ2n) is 4.57. The van der Waals surface area contributed by atoms with Crippen molar-refractivity contribution in [2.75, 3.05) is 6.61 Å². The van der Waals surface area contributed by atoms with Gasteiger partial charge in [-0.25, -0.2) is 0 Å². The van der Waals surface area contributed by atoms with Crippen LogP contribution >= 0.6 is 11.6 Å². The highest BCUT2D eigenvalue weighted by atomic mass is 35.5. The number of hydrogen-bond acceptors (Lipinski definition) is 5. The highest BCUT2D eigenvalue weighted by molar-refractivity contribution is 6.32. The third-order valence-corrected chi connectivity index (χ3v) is 3.33. The van der Waals surface area contributed by atoms with E-state index in [1.54, 1.807) is 24.3 Å². The first-order chi connectivity index (χ1) is 11.2. The van der Waals surface area contributed by atoms with Crippen molar-refractivity contribution in [2.24, 2.45) is 5.16 Å². The Labute approximate surface area is 139 Å². The van der Waals surface area contributed by atoms with Gasteiger partial charge in [0.25, 0.3) is 0 Å². The van der Waals surface area contributed by atoms with E-state index in [4.69, 9.17) is 31.5 Å². The van der Waals surface area contributed by atoms with Crippen molar-refractivity contribution < 1.29 is 14.7 Å². The molecular weight excluding hydrogens is 316 g/mol. The Morgan fingerprint density at radius 2 is 2.09 bits per heavy atom. The number of ether oxygens (including phenoxy) is 2. The molecule has 0 unspecified atom stereocenters. The smallest absolute Gasteiger partial charge is 0.180 e. The summed E-state index contributed by atoms with van der Waals surface area (Å²) in [4.78, 5) is 0. The van der Waals surface area contributed by atoms with Gasteiger partial charge in [0.1, 0.15) is 6.61 Å². The van der Waals surface area contributed by atoms with Crippen LogP contribution in [0, 0.1) is 11.3 Å². The number of rotatable bonds is 6. The predicted molar refractivity (Wildman–Crippen MR) is 87.5 cm³/mol. The summed E-state index contributed by atoms with van der Waals surface area (Å²) in [6.07, 6.45) is 1.25. The van der Waals surface area contributed by atoms with Crippen LogP contribution in [0.1, 0.15) is 23.6 Å². The molecule has 0 saturated carbocycles. The summed E-state index contributed by atoms with van der Waals surface area (Å²) in [6.45, 7) is 2.47. The van der Waals surface area contributed by atoms with E-state index >= 15 is 0 Å². The Morgan fingerprint density at radius 3 is 2.78 bits per heavy atom. The van der Waals surface area contributed by atoms with Gasteiger partial charge in [-0.2, -0.15) is 5.26 Å². The molecule has 0 aliphatic heterocycles. The molecule has 0 heterocycles. The number of hydrogen-bond donors (Lipinski definition) is 1. The third-order valence-electron chi connectivity index (χ3n) is 3.05. The van der Waals surface area contributed by atoms with E-state index in [1.807, 2.05) is 19.1 Å². The first-order valence-corrected chi connectivity index (χ1v) is 7.32. The lowest BCUT2D eigenvalue weighted by Crippen LogP contribution is -2.02. The van der Waals surface area contributed by atoms with Gasteiger partial charge in [0.15, 0.2) is 11.5 Å². The van der Waals surface area contributed by atoms with Crippen LogP contribution < -0.4 is 9.47 Å². The van der Waals surface area contributed by atoms with Gasteiger partial charge in [-0.15, -0.1) is 0 Å². The molecule has 6 heteroatoms. The minimum atomic E-state index is 0.191. The summed E-state index contributed by atoms with van der Waals surface area (Å²) in [6, 6.07) is 12.6. The number of nitrogens with zero attached hydrogens (tertiary/aromatic N) is 2. The van der Waals surface area contributed by atoms with Gasteiger partial charge in [0.2, 0.25) is 0 Å². The number of nitriles is 1. The molecule has 23 heavy (non-hydrogen) atoms. The molecule has 2 aromatic rings. The third kappa shape index (κ3) is 4.15. The van der Waals surface area contributed by atoms with Crippen molar-refractivity contribution in [3.05, 3.63) is 58.1 Å². The minimum Gasteiger partial charge on any atom is -0.490 e. The first-order valence-electron chi connectivity index (χ1n) is 6.94. The zero-order valence-corrected chi connectivity index (χ0v) is 13.2. The summed E-state index contributed by atoms with van der Waals surface area (Å²) < 4.78 is 11.3. The molecule has 1 N–H and O–H groups in total. The SMILES string of the molecule is CCOc1cc(C=NO)cc(Cl)c1OCc1ccccc1C#N. The molecule has 2 aromatic carbocycles. The van der Waals surface area contributed by atoms with Crippen LogP contribution in [0.2, 0.25) is 5.02 Å². The average Bonchev–Trinajstić information content (AvgIpc) is 2.55. The van der Waals surface area contributed by atoms with Crippen LogP contribution in [0.25, 0.3) is 0 Å². The Balaban J connectivity index is 2.30. The Hall–Kier alpha value is -2.71. The van der Waals surface area contributed by atoms with Crippen LogP contribution in [0.4, 0.5) is 0 Å². The van der Waals surface area contributed by atoms with Crippen LogP contribution in [0.5, 0.6) is 11.5 Å². The molecule has 0 radical (unpaired) electrons. The Kier molecular flexibility index (Phi) is 5.84. The van der Waals surface area contributed by atoms with Gasteiger partial charge in [-0.05, 0) is 25.1 Å². The van der Waals surface area contributed by atoms with E-state index in [0.717, 1.165) is 5.56 Å². The summed E-state index contributed by atoms with van der Waals surface area (Å²) >= 11 is 6.23. The van der Waals surface area contributed by atoms with Crippen molar-refractivity contribution in [1.82, 2.24) is 0 Å². The van der Waals surface area contributed by atoms with Crippen LogP contribution in [0.3, 0.4) is 0 Å². The minimum absolute atomic E-state index is 0.191. The Morgan fingerprint density at radius 1 is 1.30 bits per heavy atom. The second kappa shape index (κ2) is 8.06. The van der Waals surface area contributed by atoms with E-state index in [2.05, 4.69) is 11.2 Å². The van der Waals surface area contributed by atoms with Gasteiger partial charge in [-0.1, -0.05) is 35.0 Å². The molecule has 118 valence electrons. The van der Waals surface area contributed by atoms with Gasteiger partial charge in [-0.3, -0.25) is 0 Å². The standard InChI is InChI=1S/C17H15ClN2O3/c1-2-22-16-8-12(10-20-21)7-15(18)17(16)23-11-14-6-4-3-5-13(14)9-19/h3-8,10,21H,2,11H2,1H3. The van der Waals surface area contributed by atoms with Crippen molar-refractivity contribution in [3.8, 4) is 17.6 Å². The molecular formula is C17H15ClN2O3. The topological polar surface area (TPSA) is 74.8 Å². The molecule has 0 bridgehead atoms. The average molecular weight is 331 g/mol. The molecule has 0 amide bonds. The highest BCUT2D eigenvalue weighted by Crippen LogP contribution is 2.37. The number of halogens is 1. The summed E-state index contributed by atoms with van der Waals surface area (Å²) in [5.41, 5.74) is 1.89. The lowest BCUT2D eigenvalue weighted by atomic mass is 10.1. The lowest BCUT2D eigenvalue weighted by molar-refractivity contribution is 0.269. The summed E-state index contributed by atoms with van der Waals surface area (Å²) in [5, 5.41) is 21.1. The molecule has 0 saturated heterocycles. The normalized spacial score (nSPS) is 10.5. The zero-order valence-electron chi connectivity index (χ0n) is 12.5. The molecule has 0 aliphatic rings. The maximum atomic E-state index is 9.11. The quantitative estimate of drug-likeness (QED) is 0.493. The molecule has 0 aromatic heterocycles. The second-order valence-corrected chi connectivity index (χ2v) is 4.97. The largest absolute Gasteiger partial charge is 0.490 e. The fourth-order valence-electron chi connectivity index (χ4n) is 2.04. The fourth-order valence-corrected chi connectivity index (χ4v) is 2.31. The predicted octanol–water partition coefficient (Wildman–Crippen LogP) is 4.00.